The summed E-state index contributed by atoms with van der Waals surface area (Å²) in [6.45, 7) is 0. The number of aromatic nitrogens is 1. The van der Waals surface area contributed by atoms with Crippen LogP contribution in [-0.2, 0) is 21.1 Å². The molecule has 2 heterocycles. The van der Waals surface area contributed by atoms with Gasteiger partial charge >= 0.3 is 0 Å². The van der Waals surface area contributed by atoms with Gasteiger partial charge in [-0.05, 0) is 30.7 Å². The zero-order valence-corrected chi connectivity index (χ0v) is 14.8. The molecule has 6 nitrogen and oxygen atoms in total. The molecule has 0 radical (unpaired) electrons. The summed E-state index contributed by atoms with van der Waals surface area (Å²) in [5.74, 6) is 0.772. The Kier molecular flexibility index (Phi) is 4.86. The Labute approximate surface area is 144 Å². The van der Waals surface area contributed by atoms with Crippen LogP contribution in [0.15, 0.2) is 29.6 Å². The molecule has 8 heteroatoms. The van der Waals surface area contributed by atoms with Crippen LogP contribution in [0, 0.1) is 0 Å². The molecule has 1 saturated heterocycles. The Morgan fingerprint density at radius 1 is 1.38 bits per heavy atom. The number of nitrogens with one attached hydrogen (secondary N) is 1. The number of carbonyl (C=O) groups is 1. The van der Waals surface area contributed by atoms with Crippen LogP contribution < -0.4 is 10.1 Å². The van der Waals surface area contributed by atoms with E-state index < -0.39 is 9.84 Å². The van der Waals surface area contributed by atoms with E-state index in [0.29, 0.717) is 12.1 Å². The SMILES string of the molecule is COc1ccc(-c2nc(CC(=O)N[C@@H]3CCS(=O)(=O)C3)cs2)cc1. The number of amides is 1. The fraction of sp³-hybridized carbons (Fsp3) is 0.375. The van der Waals surface area contributed by atoms with Crippen LogP contribution in [0.25, 0.3) is 10.6 Å². The lowest BCUT2D eigenvalue weighted by Gasteiger charge is -2.09. The van der Waals surface area contributed by atoms with Gasteiger partial charge in [0.15, 0.2) is 9.84 Å². The third kappa shape index (κ3) is 4.12. The number of benzene rings is 1. The largest absolute Gasteiger partial charge is 0.497 e. The van der Waals surface area contributed by atoms with Crippen molar-refractivity contribution in [2.75, 3.05) is 18.6 Å². The van der Waals surface area contributed by atoms with E-state index in [1.807, 2.05) is 29.6 Å². The van der Waals surface area contributed by atoms with Crippen LogP contribution >= 0.6 is 11.3 Å². The number of sulfone groups is 1. The van der Waals surface area contributed by atoms with Crippen molar-refractivity contribution in [3.05, 3.63) is 35.3 Å². The lowest BCUT2D eigenvalue weighted by molar-refractivity contribution is -0.121. The van der Waals surface area contributed by atoms with Gasteiger partial charge in [0.1, 0.15) is 10.8 Å². The Morgan fingerprint density at radius 3 is 2.75 bits per heavy atom. The van der Waals surface area contributed by atoms with E-state index in [9.17, 15) is 13.2 Å². The Morgan fingerprint density at radius 2 is 2.12 bits per heavy atom. The molecule has 1 amide bonds. The van der Waals surface area contributed by atoms with Gasteiger partial charge in [-0.1, -0.05) is 0 Å². The molecular weight excluding hydrogens is 348 g/mol. The van der Waals surface area contributed by atoms with Crippen LogP contribution in [0.2, 0.25) is 0 Å². The smallest absolute Gasteiger partial charge is 0.226 e. The van der Waals surface area contributed by atoms with E-state index in [4.69, 9.17) is 4.74 Å². The van der Waals surface area contributed by atoms with Crippen LogP contribution in [0.3, 0.4) is 0 Å². The third-order valence-corrected chi connectivity index (χ3v) is 6.54. The standard InChI is InChI=1S/C16H18N2O4S2/c1-22-14-4-2-11(3-5-14)16-18-13(9-23-16)8-15(19)17-12-6-7-24(20,21)10-12/h2-5,9,12H,6-8,10H2,1H3,(H,17,19)/t12-/m1/s1. The zero-order chi connectivity index (χ0) is 17.2. The van der Waals surface area contributed by atoms with Gasteiger partial charge < -0.3 is 10.1 Å². The van der Waals surface area contributed by atoms with Crippen LogP contribution in [0.1, 0.15) is 12.1 Å². The molecule has 0 spiro atoms. The zero-order valence-electron chi connectivity index (χ0n) is 13.2. The van der Waals surface area contributed by atoms with E-state index >= 15 is 0 Å². The molecule has 0 bridgehead atoms. The van der Waals surface area contributed by atoms with Crippen LogP contribution in [-0.4, -0.2) is 44.0 Å². The summed E-state index contributed by atoms with van der Waals surface area (Å²) in [5.41, 5.74) is 1.65. The Balaban J connectivity index is 1.60. The number of carbonyl (C=O) groups excluding carboxylic acids is 1. The van der Waals surface area contributed by atoms with Crippen LogP contribution in [0.4, 0.5) is 0 Å². The summed E-state index contributed by atoms with van der Waals surface area (Å²) >= 11 is 1.47. The predicted octanol–water partition coefficient (Wildman–Crippen LogP) is 1.66. The number of hydrogen-bond donors (Lipinski definition) is 1. The van der Waals surface area contributed by atoms with Gasteiger partial charge in [0.05, 0.1) is 30.7 Å². The molecule has 1 aromatic heterocycles. The Bertz CT molecular complexity index is 828. The molecule has 1 aliphatic rings. The summed E-state index contributed by atoms with van der Waals surface area (Å²) < 4.78 is 28.0. The molecule has 0 aliphatic carbocycles. The molecule has 0 saturated carbocycles. The van der Waals surface area contributed by atoms with Crippen LogP contribution in [0.5, 0.6) is 5.75 Å². The maximum absolute atomic E-state index is 12.1. The van der Waals surface area contributed by atoms with Crippen molar-refractivity contribution < 1.29 is 17.9 Å². The average molecular weight is 366 g/mol. The number of nitrogens with zero attached hydrogens (tertiary/aromatic N) is 1. The highest BCUT2D eigenvalue weighted by Crippen LogP contribution is 2.25. The highest BCUT2D eigenvalue weighted by atomic mass is 32.2. The summed E-state index contributed by atoms with van der Waals surface area (Å²) in [5, 5.41) is 5.47. The van der Waals surface area contributed by atoms with Crippen molar-refractivity contribution >= 4 is 27.1 Å². The average Bonchev–Trinajstić information content (AvgIpc) is 3.14. The predicted molar refractivity (Wildman–Crippen MR) is 93.0 cm³/mol. The van der Waals surface area contributed by atoms with Crippen molar-refractivity contribution in [3.8, 4) is 16.3 Å². The van der Waals surface area contributed by atoms with E-state index in [2.05, 4.69) is 10.3 Å². The van der Waals surface area contributed by atoms with E-state index in [1.165, 1.54) is 11.3 Å². The highest BCUT2D eigenvalue weighted by molar-refractivity contribution is 7.91. The molecule has 1 N–H and O–H groups in total. The molecule has 1 fully saturated rings. The van der Waals surface area contributed by atoms with Crippen molar-refractivity contribution in [1.29, 1.82) is 0 Å². The van der Waals surface area contributed by atoms with Crippen molar-refractivity contribution in [1.82, 2.24) is 10.3 Å². The van der Waals surface area contributed by atoms with E-state index in [0.717, 1.165) is 16.3 Å². The minimum atomic E-state index is -2.99. The first-order valence-corrected chi connectivity index (χ1v) is 10.2. The molecule has 24 heavy (non-hydrogen) atoms. The summed E-state index contributed by atoms with van der Waals surface area (Å²) in [6, 6.07) is 7.30. The molecular formula is C16H18N2O4S2. The maximum Gasteiger partial charge on any atom is 0.226 e. The number of methoxy groups -OCH3 is 1. The minimum Gasteiger partial charge on any atom is -0.497 e. The Hall–Kier alpha value is -1.93. The molecule has 0 unspecified atom stereocenters. The van der Waals surface area contributed by atoms with Gasteiger partial charge in [-0.3, -0.25) is 4.79 Å². The normalized spacial score (nSPS) is 19.1. The summed E-state index contributed by atoms with van der Waals surface area (Å²) in [7, 11) is -1.37. The van der Waals surface area contributed by atoms with Gasteiger partial charge in [0.25, 0.3) is 0 Å². The lowest BCUT2D eigenvalue weighted by atomic mass is 10.2. The van der Waals surface area contributed by atoms with Gasteiger partial charge in [0.2, 0.25) is 5.91 Å². The molecule has 1 aromatic carbocycles. The molecule has 2 aromatic rings. The van der Waals surface area contributed by atoms with Crippen molar-refractivity contribution in [2.24, 2.45) is 0 Å². The summed E-state index contributed by atoms with van der Waals surface area (Å²) in [4.78, 5) is 16.5. The molecule has 128 valence electrons. The minimum absolute atomic E-state index is 0.0346. The first-order valence-electron chi connectivity index (χ1n) is 7.54. The fourth-order valence-electron chi connectivity index (χ4n) is 2.61. The number of rotatable bonds is 5. The quantitative estimate of drug-likeness (QED) is 0.870. The molecule has 3 rings (SSSR count). The van der Waals surface area contributed by atoms with Gasteiger partial charge in [-0.25, -0.2) is 13.4 Å². The lowest BCUT2D eigenvalue weighted by Crippen LogP contribution is -2.36. The van der Waals surface area contributed by atoms with Crippen molar-refractivity contribution in [3.63, 3.8) is 0 Å². The molecule has 1 atom stereocenters. The van der Waals surface area contributed by atoms with Gasteiger partial charge in [0, 0.05) is 17.0 Å². The van der Waals surface area contributed by atoms with Crippen molar-refractivity contribution in [2.45, 2.75) is 18.9 Å². The first-order chi connectivity index (χ1) is 11.4. The maximum atomic E-state index is 12.1. The first kappa shape index (κ1) is 16.9. The number of thiazole rings is 1. The second kappa shape index (κ2) is 6.90. The topological polar surface area (TPSA) is 85.4 Å². The third-order valence-electron chi connectivity index (χ3n) is 3.83. The highest BCUT2D eigenvalue weighted by Gasteiger charge is 2.28. The second-order valence-electron chi connectivity index (χ2n) is 5.72. The van der Waals surface area contributed by atoms with Gasteiger partial charge in [-0.15, -0.1) is 11.3 Å². The summed E-state index contributed by atoms with van der Waals surface area (Å²) in [6.07, 6.45) is 0.644. The van der Waals surface area contributed by atoms with E-state index in [1.54, 1.807) is 7.11 Å². The van der Waals surface area contributed by atoms with E-state index in [-0.39, 0.29) is 29.9 Å². The van der Waals surface area contributed by atoms with Gasteiger partial charge in [-0.2, -0.15) is 0 Å². The number of ether oxygens (including phenoxy) is 1. The monoisotopic (exact) mass is 366 g/mol. The molecule has 1 aliphatic heterocycles. The second-order valence-corrected chi connectivity index (χ2v) is 8.80. The fourth-order valence-corrected chi connectivity index (χ4v) is 5.11. The number of hydrogen-bond acceptors (Lipinski definition) is 6.